The highest BCUT2D eigenvalue weighted by Crippen LogP contribution is 2.27. The fourth-order valence-corrected chi connectivity index (χ4v) is 3.42. The molecular weight excluding hydrogens is 340 g/mol. The van der Waals surface area contributed by atoms with Gasteiger partial charge in [0.25, 0.3) is 5.24 Å². The number of aryl methyl sites for hydroxylation is 1. The Balaban J connectivity index is 1.61. The minimum Gasteiger partial charge on any atom is -0.460 e. The van der Waals surface area contributed by atoms with Crippen LogP contribution in [0, 0.1) is 0 Å². The summed E-state index contributed by atoms with van der Waals surface area (Å²) in [4.78, 5) is 36.1. The van der Waals surface area contributed by atoms with Gasteiger partial charge in [0, 0.05) is 36.5 Å². The number of fused-ring (bicyclic) bond motifs is 1. The number of carbonyl (C=O) groups excluding carboxylic acids is 3. The van der Waals surface area contributed by atoms with Crippen LogP contribution < -0.4 is 5.32 Å². The molecule has 130 valence electrons. The molecule has 1 aromatic heterocycles. The topological polar surface area (TPSA) is 79.6 Å². The summed E-state index contributed by atoms with van der Waals surface area (Å²) in [7, 11) is 0. The molecule has 0 spiro atoms. The van der Waals surface area contributed by atoms with Gasteiger partial charge in [-0.25, -0.2) is 0 Å². The molecule has 25 heavy (non-hydrogen) atoms. The van der Waals surface area contributed by atoms with E-state index in [-0.39, 0.29) is 35.9 Å². The second-order valence-corrected chi connectivity index (χ2v) is 6.44. The van der Waals surface area contributed by atoms with Gasteiger partial charge in [-0.15, -0.1) is 0 Å². The van der Waals surface area contributed by atoms with Crippen LogP contribution in [0.25, 0.3) is 17.0 Å². The van der Waals surface area contributed by atoms with E-state index >= 15 is 0 Å². The summed E-state index contributed by atoms with van der Waals surface area (Å²) in [6, 6.07) is 7.69. The number of amides is 3. The Hall–Kier alpha value is -2.54. The van der Waals surface area contributed by atoms with Gasteiger partial charge in [0.2, 0.25) is 11.8 Å². The quantitative estimate of drug-likeness (QED) is 0.803. The highest BCUT2D eigenvalue weighted by Gasteiger charge is 2.29. The fraction of sp³-hybridized carbons (Fsp3) is 0.278. The first-order valence-corrected chi connectivity index (χ1v) is 9.02. The van der Waals surface area contributed by atoms with E-state index in [1.54, 1.807) is 6.08 Å². The number of nitrogens with zero attached hydrogens (tertiary/aromatic N) is 1. The summed E-state index contributed by atoms with van der Waals surface area (Å²) in [6.07, 6.45) is 3.91. The average molecular weight is 358 g/mol. The van der Waals surface area contributed by atoms with Crippen LogP contribution >= 0.6 is 11.8 Å². The van der Waals surface area contributed by atoms with Gasteiger partial charge in [-0.2, -0.15) is 0 Å². The SMILES string of the molecule is CCc1oc2ccccc2c1/C=C/C(=O)NCCN1C(=O)CSC1=O. The maximum absolute atomic E-state index is 12.0. The molecule has 0 bridgehead atoms. The second kappa shape index (κ2) is 7.57. The van der Waals surface area contributed by atoms with Crippen molar-refractivity contribution in [3.05, 3.63) is 41.7 Å². The minimum atomic E-state index is -0.279. The number of imide groups is 1. The van der Waals surface area contributed by atoms with E-state index in [0.29, 0.717) is 0 Å². The third kappa shape index (κ3) is 3.76. The molecule has 1 aromatic carbocycles. The monoisotopic (exact) mass is 358 g/mol. The zero-order chi connectivity index (χ0) is 17.8. The first-order valence-electron chi connectivity index (χ1n) is 8.03. The van der Waals surface area contributed by atoms with Gasteiger partial charge in [0.15, 0.2) is 0 Å². The summed E-state index contributed by atoms with van der Waals surface area (Å²) in [5.41, 5.74) is 1.69. The number of benzene rings is 1. The molecule has 1 aliphatic rings. The molecule has 0 aliphatic carbocycles. The Morgan fingerprint density at radius 3 is 2.88 bits per heavy atom. The third-order valence-corrected chi connectivity index (χ3v) is 4.77. The summed E-state index contributed by atoms with van der Waals surface area (Å²) in [6.45, 7) is 2.42. The predicted octanol–water partition coefficient (Wildman–Crippen LogP) is 2.82. The summed E-state index contributed by atoms with van der Waals surface area (Å²) < 4.78 is 5.79. The Morgan fingerprint density at radius 1 is 1.36 bits per heavy atom. The van der Waals surface area contributed by atoms with E-state index in [2.05, 4.69) is 5.32 Å². The van der Waals surface area contributed by atoms with Crippen molar-refractivity contribution in [1.29, 1.82) is 0 Å². The zero-order valence-electron chi connectivity index (χ0n) is 13.8. The lowest BCUT2D eigenvalue weighted by Gasteiger charge is -2.12. The summed E-state index contributed by atoms with van der Waals surface area (Å²) >= 11 is 0.986. The Morgan fingerprint density at radius 2 is 2.16 bits per heavy atom. The van der Waals surface area contributed by atoms with Crippen molar-refractivity contribution in [2.45, 2.75) is 13.3 Å². The number of rotatable bonds is 6. The molecule has 0 saturated carbocycles. The first kappa shape index (κ1) is 17.3. The Kier molecular flexibility index (Phi) is 5.23. The Bertz CT molecular complexity index is 840. The second-order valence-electron chi connectivity index (χ2n) is 5.51. The van der Waals surface area contributed by atoms with Gasteiger partial charge in [-0.3, -0.25) is 19.3 Å². The van der Waals surface area contributed by atoms with E-state index < -0.39 is 0 Å². The van der Waals surface area contributed by atoms with Crippen molar-refractivity contribution in [3.8, 4) is 0 Å². The normalized spacial score (nSPS) is 14.8. The number of carbonyl (C=O) groups is 3. The molecule has 2 aromatic rings. The standard InChI is InChI=1S/C18H18N2O4S/c1-2-14-13(12-5-3-4-6-15(12)24-14)7-8-16(21)19-9-10-20-17(22)11-25-18(20)23/h3-8H,2,9-11H2,1H3,(H,19,21)/b8-7+. The zero-order valence-corrected chi connectivity index (χ0v) is 14.6. The molecule has 3 amide bonds. The maximum Gasteiger partial charge on any atom is 0.288 e. The molecule has 1 saturated heterocycles. The Labute approximate surface area is 149 Å². The number of furan rings is 1. The van der Waals surface area contributed by atoms with Crippen LogP contribution in [0.1, 0.15) is 18.2 Å². The number of nitrogens with one attached hydrogen (secondary N) is 1. The van der Waals surface area contributed by atoms with Crippen molar-refractivity contribution in [3.63, 3.8) is 0 Å². The maximum atomic E-state index is 12.0. The van der Waals surface area contributed by atoms with Crippen LogP contribution in [0.3, 0.4) is 0 Å². The van der Waals surface area contributed by atoms with Gasteiger partial charge in [-0.1, -0.05) is 36.9 Å². The van der Waals surface area contributed by atoms with E-state index in [9.17, 15) is 14.4 Å². The van der Waals surface area contributed by atoms with Crippen LogP contribution in [0.5, 0.6) is 0 Å². The molecule has 1 N–H and O–H groups in total. The fourth-order valence-electron chi connectivity index (χ4n) is 2.67. The van der Waals surface area contributed by atoms with E-state index in [1.807, 2.05) is 31.2 Å². The van der Waals surface area contributed by atoms with Gasteiger partial charge in [0.1, 0.15) is 11.3 Å². The van der Waals surface area contributed by atoms with Crippen molar-refractivity contribution >= 4 is 45.9 Å². The lowest BCUT2D eigenvalue weighted by molar-refractivity contribution is -0.125. The van der Waals surface area contributed by atoms with E-state index in [1.165, 1.54) is 6.08 Å². The molecule has 6 nitrogen and oxygen atoms in total. The summed E-state index contributed by atoms with van der Waals surface area (Å²) in [5.74, 6) is 0.520. The highest BCUT2D eigenvalue weighted by atomic mass is 32.2. The highest BCUT2D eigenvalue weighted by molar-refractivity contribution is 8.14. The van der Waals surface area contributed by atoms with Crippen LogP contribution in [0.4, 0.5) is 4.79 Å². The van der Waals surface area contributed by atoms with Crippen LogP contribution in [0.2, 0.25) is 0 Å². The number of para-hydroxylation sites is 1. The molecule has 7 heteroatoms. The van der Waals surface area contributed by atoms with Gasteiger partial charge < -0.3 is 9.73 Å². The van der Waals surface area contributed by atoms with Gasteiger partial charge >= 0.3 is 0 Å². The van der Waals surface area contributed by atoms with E-state index in [4.69, 9.17) is 4.42 Å². The van der Waals surface area contributed by atoms with Gasteiger partial charge in [0.05, 0.1) is 5.75 Å². The number of thioether (sulfide) groups is 1. The molecule has 1 aliphatic heterocycles. The molecule has 1 fully saturated rings. The van der Waals surface area contributed by atoms with Crippen LogP contribution in [-0.4, -0.2) is 40.8 Å². The predicted molar refractivity (Wildman–Crippen MR) is 97.2 cm³/mol. The largest absolute Gasteiger partial charge is 0.460 e. The molecule has 2 heterocycles. The van der Waals surface area contributed by atoms with Crippen LogP contribution in [0.15, 0.2) is 34.8 Å². The number of hydrogen-bond acceptors (Lipinski definition) is 5. The van der Waals surface area contributed by atoms with Crippen molar-refractivity contribution < 1.29 is 18.8 Å². The summed E-state index contributed by atoms with van der Waals surface area (Å²) in [5, 5.41) is 3.40. The van der Waals surface area contributed by atoms with Crippen LogP contribution in [-0.2, 0) is 16.0 Å². The smallest absolute Gasteiger partial charge is 0.288 e. The average Bonchev–Trinajstić information content (AvgIpc) is 3.14. The first-order chi connectivity index (χ1) is 12.1. The molecule has 0 atom stereocenters. The number of hydrogen-bond donors (Lipinski definition) is 1. The molecule has 3 rings (SSSR count). The lowest BCUT2D eigenvalue weighted by Crippen LogP contribution is -2.37. The molecular formula is C18H18N2O4S. The van der Waals surface area contributed by atoms with Gasteiger partial charge in [-0.05, 0) is 12.1 Å². The van der Waals surface area contributed by atoms with Crippen molar-refractivity contribution in [2.75, 3.05) is 18.8 Å². The molecule has 0 unspecified atom stereocenters. The van der Waals surface area contributed by atoms with E-state index in [0.717, 1.165) is 45.4 Å². The lowest BCUT2D eigenvalue weighted by atomic mass is 10.1. The minimum absolute atomic E-state index is 0.181. The van der Waals surface area contributed by atoms with Crippen molar-refractivity contribution in [2.24, 2.45) is 0 Å². The third-order valence-electron chi connectivity index (χ3n) is 3.91. The van der Waals surface area contributed by atoms with Crippen molar-refractivity contribution in [1.82, 2.24) is 10.2 Å². The molecule has 0 radical (unpaired) electrons.